The van der Waals surface area contributed by atoms with E-state index in [1.807, 2.05) is 0 Å². The lowest BCUT2D eigenvalue weighted by Gasteiger charge is -2.05. The van der Waals surface area contributed by atoms with Gasteiger partial charge in [0.25, 0.3) is 0 Å². The summed E-state index contributed by atoms with van der Waals surface area (Å²) in [6, 6.07) is 0. The van der Waals surface area contributed by atoms with Gasteiger partial charge in [-0.15, -0.1) is 12.4 Å². The summed E-state index contributed by atoms with van der Waals surface area (Å²) in [5.41, 5.74) is 0. The van der Waals surface area contributed by atoms with Crippen LogP contribution in [0.3, 0.4) is 0 Å². The highest BCUT2D eigenvalue weighted by Crippen LogP contribution is 2.37. The molecule has 2 fully saturated rings. The van der Waals surface area contributed by atoms with Gasteiger partial charge in [-0.3, -0.25) is 0 Å². The quantitative estimate of drug-likeness (QED) is 0.617. The van der Waals surface area contributed by atoms with E-state index in [0.29, 0.717) is 12.5 Å². The fourth-order valence-corrected chi connectivity index (χ4v) is 2.44. The zero-order valence-corrected chi connectivity index (χ0v) is 7.44. The molecule has 2 atom stereocenters. The van der Waals surface area contributed by atoms with Crippen LogP contribution in [0.4, 0.5) is 0 Å². The van der Waals surface area contributed by atoms with Crippen LogP contribution in [0.2, 0.25) is 0 Å². The van der Waals surface area contributed by atoms with Gasteiger partial charge in [0.1, 0.15) is 0 Å². The number of aliphatic hydroxyl groups excluding tert-OH is 1. The minimum atomic E-state index is 0. The molecule has 3 heteroatoms. The van der Waals surface area contributed by atoms with E-state index in [2.05, 4.69) is 5.32 Å². The van der Waals surface area contributed by atoms with Gasteiger partial charge in [-0.25, -0.2) is 0 Å². The molecule has 0 aromatic rings. The summed E-state index contributed by atoms with van der Waals surface area (Å²) in [6.45, 7) is 2.80. The van der Waals surface area contributed by atoms with Crippen LogP contribution in [0.15, 0.2) is 0 Å². The van der Waals surface area contributed by atoms with E-state index in [0.717, 1.165) is 11.8 Å². The van der Waals surface area contributed by atoms with Crippen LogP contribution in [0.5, 0.6) is 0 Å². The predicted molar refractivity (Wildman–Crippen MR) is 46.9 cm³/mol. The molecule has 0 bridgehead atoms. The normalized spacial score (nSPS) is 41.7. The summed E-state index contributed by atoms with van der Waals surface area (Å²) < 4.78 is 0. The van der Waals surface area contributed by atoms with Crippen LogP contribution >= 0.6 is 12.4 Å². The molecule has 0 spiro atoms. The molecule has 11 heavy (non-hydrogen) atoms. The van der Waals surface area contributed by atoms with E-state index in [1.54, 1.807) is 0 Å². The summed E-state index contributed by atoms with van der Waals surface area (Å²) in [6.07, 6.45) is 2.52. The smallest absolute Gasteiger partial charge is 0.0459 e. The van der Waals surface area contributed by atoms with E-state index in [-0.39, 0.29) is 12.4 Å². The van der Waals surface area contributed by atoms with Crippen LogP contribution in [-0.2, 0) is 0 Å². The number of rotatable bonds is 1. The van der Waals surface area contributed by atoms with E-state index < -0.39 is 0 Å². The van der Waals surface area contributed by atoms with Gasteiger partial charge in [-0.1, -0.05) is 0 Å². The molecule has 2 unspecified atom stereocenters. The highest BCUT2D eigenvalue weighted by atomic mass is 35.5. The molecule has 0 radical (unpaired) electrons. The van der Waals surface area contributed by atoms with Crippen molar-refractivity contribution >= 4 is 12.4 Å². The summed E-state index contributed by atoms with van der Waals surface area (Å²) in [5.74, 6) is 2.39. The first-order valence-corrected chi connectivity index (χ1v) is 4.21. The summed E-state index contributed by atoms with van der Waals surface area (Å²) in [4.78, 5) is 0. The second-order valence-corrected chi connectivity index (χ2v) is 3.70. The molecule has 1 heterocycles. The van der Waals surface area contributed by atoms with Crippen molar-refractivity contribution in [1.82, 2.24) is 5.32 Å². The van der Waals surface area contributed by atoms with Crippen LogP contribution in [0.1, 0.15) is 12.8 Å². The topological polar surface area (TPSA) is 32.3 Å². The van der Waals surface area contributed by atoms with Crippen LogP contribution in [-0.4, -0.2) is 24.8 Å². The van der Waals surface area contributed by atoms with Gasteiger partial charge >= 0.3 is 0 Å². The average molecular weight is 178 g/mol. The predicted octanol–water partition coefficient (Wildman–Crippen LogP) is 0.646. The summed E-state index contributed by atoms with van der Waals surface area (Å²) in [5, 5.41) is 12.3. The molecule has 2 rings (SSSR count). The first-order chi connectivity index (χ1) is 4.90. The molecule has 66 valence electrons. The van der Waals surface area contributed by atoms with E-state index in [9.17, 15) is 0 Å². The van der Waals surface area contributed by atoms with Gasteiger partial charge in [-0.05, 0) is 43.7 Å². The lowest BCUT2D eigenvalue weighted by molar-refractivity contribution is 0.223. The number of halogens is 1. The third kappa shape index (κ3) is 1.68. The minimum Gasteiger partial charge on any atom is -0.396 e. The van der Waals surface area contributed by atoms with Gasteiger partial charge < -0.3 is 10.4 Å². The van der Waals surface area contributed by atoms with Crippen molar-refractivity contribution in [2.45, 2.75) is 12.8 Å². The van der Waals surface area contributed by atoms with Crippen LogP contribution in [0.25, 0.3) is 0 Å². The Morgan fingerprint density at radius 3 is 2.18 bits per heavy atom. The maximum absolute atomic E-state index is 8.90. The Morgan fingerprint density at radius 2 is 1.73 bits per heavy atom. The van der Waals surface area contributed by atoms with Crippen LogP contribution in [0, 0.1) is 17.8 Å². The Morgan fingerprint density at radius 1 is 1.18 bits per heavy atom. The van der Waals surface area contributed by atoms with Gasteiger partial charge in [0, 0.05) is 6.61 Å². The van der Waals surface area contributed by atoms with Crippen molar-refractivity contribution in [3.05, 3.63) is 0 Å². The van der Waals surface area contributed by atoms with Crippen molar-refractivity contribution < 1.29 is 5.11 Å². The Balaban J connectivity index is 0.000000605. The molecule has 1 aliphatic heterocycles. The van der Waals surface area contributed by atoms with Crippen molar-refractivity contribution in [3.8, 4) is 0 Å². The van der Waals surface area contributed by atoms with E-state index in [1.165, 1.54) is 25.9 Å². The lowest BCUT2D eigenvalue weighted by atomic mass is 10.0. The molecular formula is C8H16ClNO. The van der Waals surface area contributed by atoms with Gasteiger partial charge in [0.05, 0.1) is 0 Å². The zero-order valence-electron chi connectivity index (χ0n) is 6.62. The summed E-state index contributed by atoms with van der Waals surface area (Å²) >= 11 is 0. The molecule has 1 aliphatic carbocycles. The minimum absolute atomic E-state index is 0. The highest BCUT2D eigenvalue weighted by Gasteiger charge is 2.36. The third-order valence-corrected chi connectivity index (χ3v) is 3.01. The molecular weight excluding hydrogens is 162 g/mol. The average Bonchev–Trinajstić information content (AvgIpc) is 2.42. The molecule has 1 saturated heterocycles. The maximum Gasteiger partial charge on any atom is 0.0459 e. The first kappa shape index (κ1) is 9.30. The SMILES string of the molecule is Cl.OCC1CC2CNCC2C1. The van der Waals surface area contributed by atoms with Crippen molar-refractivity contribution in [2.75, 3.05) is 19.7 Å². The van der Waals surface area contributed by atoms with Gasteiger partial charge in [0.15, 0.2) is 0 Å². The van der Waals surface area contributed by atoms with E-state index >= 15 is 0 Å². The zero-order chi connectivity index (χ0) is 6.97. The van der Waals surface area contributed by atoms with Crippen molar-refractivity contribution in [2.24, 2.45) is 17.8 Å². The largest absolute Gasteiger partial charge is 0.396 e. The number of fused-ring (bicyclic) bond motifs is 1. The molecule has 2 N–H and O–H groups in total. The lowest BCUT2D eigenvalue weighted by Crippen LogP contribution is -2.13. The second kappa shape index (κ2) is 3.74. The Bertz CT molecular complexity index is 119. The fourth-order valence-electron chi connectivity index (χ4n) is 2.44. The van der Waals surface area contributed by atoms with E-state index in [4.69, 9.17) is 5.11 Å². The Labute approximate surface area is 73.8 Å². The summed E-state index contributed by atoms with van der Waals surface area (Å²) in [7, 11) is 0. The number of hydrogen-bond donors (Lipinski definition) is 2. The Hall–Kier alpha value is 0.210. The Kier molecular flexibility index (Phi) is 3.16. The third-order valence-electron chi connectivity index (χ3n) is 3.01. The fraction of sp³-hybridized carbons (Fsp3) is 1.00. The van der Waals surface area contributed by atoms with Crippen molar-refractivity contribution in [3.63, 3.8) is 0 Å². The highest BCUT2D eigenvalue weighted by molar-refractivity contribution is 5.85. The molecule has 0 aromatic heterocycles. The molecule has 2 aliphatic rings. The first-order valence-electron chi connectivity index (χ1n) is 4.21. The standard InChI is InChI=1S/C8H15NO.ClH/c10-5-6-1-7-3-9-4-8(7)2-6;/h6-10H,1-5H2;1H. The molecule has 0 aromatic carbocycles. The number of hydrogen-bond acceptors (Lipinski definition) is 2. The van der Waals surface area contributed by atoms with Crippen molar-refractivity contribution in [1.29, 1.82) is 0 Å². The monoisotopic (exact) mass is 177 g/mol. The maximum atomic E-state index is 8.90. The number of nitrogens with one attached hydrogen (secondary N) is 1. The van der Waals surface area contributed by atoms with Crippen LogP contribution < -0.4 is 5.32 Å². The molecule has 1 saturated carbocycles. The second-order valence-electron chi connectivity index (χ2n) is 3.70. The van der Waals surface area contributed by atoms with Gasteiger partial charge in [0.2, 0.25) is 0 Å². The number of aliphatic hydroxyl groups is 1. The molecule has 2 nitrogen and oxygen atoms in total. The van der Waals surface area contributed by atoms with Gasteiger partial charge in [-0.2, -0.15) is 0 Å². The molecule has 0 amide bonds.